The molecule has 1 rings (SSSR count). The first-order valence-corrected chi connectivity index (χ1v) is 4.38. The molecule has 1 saturated heterocycles. The zero-order chi connectivity index (χ0) is 9.19. The summed E-state index contributed by atoms with van der Waals surface area (Å²) in [6.07, 6.45) is 1.05. The van der Waals surface area contributed by atoms with Crippen LogP contribution in [0.15, 0.2) is 5.16 Å². The number of oxime groups is 1. The van der Waals surface area contributed by atoms with Gasteiger partial charge in [0.15, 0.2) is 0 Å². The number of likely N-dealkylation sites (tertiary alicyclic amines) is 1. The van der Waals surface area contributed by atoms with Crippen molar-refractivity contribution in [3.8, 4) is 0 Å². The van der Waals surface area contributed by atoms with Crippen molar-refractivity contribution in [1.29, 1.82) is 0 Å². The topological polar surface area (TPSA) is 24.8 Å². The molecule has 0 atom stereocenters. The molecule has 12 heavy (non-hydrogen) atoms. The van der Waals surface area contributed by atoms with Gasteiger partial charge in [-0.3, -0.25) is 4.90 Å². The van der Waals surface area contributed by atoms with Crippen LogP contribution in [0.1, 0.15) is 27.2 Å². The van der Waals surface area contributed by atoms with Crippen LogP contribution in [0.5, 0.6) is 0 Å². The lowest BCUT2D eigenvalue weighted by molar-refractivity contribution is 0.179. The minimum Gasteiger partial charge on any atom is -0.399 e. The first-order chi connectivity index (χ1) is 5.54. The van der Waals surface area contributed by atoms with Gasteiger partial charge < -0.3 is 4.84 Å². The predicted octanol–water partition coefficient (Wildman–Crippen LogP) is 1.49. The lowest BCUT2D eigenvalue weighted by Crippen LogP contribution is -2.39. The molecule has 1 aliphatic heterocycles. The largest absolute Gasteiger partial charge is 0.399 e. The van der Waals surface area contributed by atoms with E-state index in [2.05, 4.69) is 30.8 Å². The molecule has 1 heterocycles. The second-order valence-electron chi connectivity index (χ2n) is 4.18. The lowest BCUT2D eigenvalue weighted by Gasteiger charge is -2.30. The summed E-state index contributed by atoms with van der Waals surface area (Å²) in [6.45, 7) is 8.73. The van der Waals surface area contributed by atoms with E-state index in [9.17, 15) is 0 Å². The molecule has 0 aromatic rings. The first-order valence-electron chi connectivity index (χ1n) is 4.38. The van der Waals surface area contributed by atoms with E-state index in [4.69, 9.17) is 4.84 Å². The molecule has 0 radical (unpaired) electrons. The van der Waals surface area contributed by atoms with E-state index in [1.165, 1.54) is 0 Å². The van der Waals surface area contributed by atoms with Crippen LogP contribution in [0.3, 0.4) is 0 Å². The van der Waals surface area contributed by atoms with E-state index in [0.717, 1.165) is 25.2 Å². The van der Waals surface area contributed by atoms with Gasteiger partial charge >= 0.3 is 0 Å². The third-order valence-electron chi connectivity index (χ3n) is 2.21. The van der Waals surface area contributed by atoms with Crippen molar-refractivity contribution in [1.82, 2.24) is 4.90 Å². The van der Waals surface area contributed by atoms with E-state index in [0.29, 0.717) is 0 Å². The molecular formula is C9H18N2O. The Bertz CT molecular complexity index is 181. The minimum absolute atomic E-state index is 0.255. The molecule has 1 aliphatic rings. The van der Waals surface area contributed by atoms with Gasteiger partial charge in [0.25, 0.3) is 0 Å². The maximum Gasteiger partial charge on any atom is 0.106 e. The van der Waals surface area contributed by atoms with Gasteiger partial charge in [0, 0.05) is 25.0 Å². The molecule has 0 amide bonds. The number of hydrogen-bond donors (Lipinski definition) is 0. The fourth-order valence-electron chi connectivity index (χ4n) is 1.42. The van der Waals surface area contributed by atoms with Crippen LogP contribution < -0.4 is 0 Å². The third kappa shape index (κ3) is 2.21. The Hall–Kier alpha value is -0.570. The Balaban J connectivity index is 2.51. The van der Waals surface area contributed by atoms with Crippen LogP contribution in [-0.4, -0.2) is 36.3 Å². The summed E-state index contributed by atoms with van der Waals surface area (Å²) < 4.78 is 0. The quantitative estimate of drug-likeness (QED) is 0.557. The molecule has 0 bridgehead atoms. The summed E-state index contributed by atoms with van der Waals surface area (Å²) in [7, 11) is 1.60. The highest BCUT2D eigenvalue weighted by Gasteiger charge is 2.27. The maximum atomic E-state index is 4.75. The highest BCUT2D eigenvalue weighted by Crippen LogP contribution is 2.18. The Morgan fingerprint density at radius 3 is 2.50 bits per heavy atom. The molecular weight excluding hydrogens is 152 g/mol. The van der Waals surface area contributed by atoms with Crippen LogP contribution in [0.2, 0.25) is 0 Å². The summed E-state index contributed by atoms with van der Waals surface area (Å²) in [5.41, 5.74) is 1.41. The molecule has 0 aromatic carbocycles. The van der Waals surface area contributed by atoms with Gasteiger partial charge in [-0.2, -0.15) is 0 Å². The summed E-state index contributed by atoms with van der Waals surface area (Å²) in [5, 5.41) is 3.96. The third-order valence-corrected chi connectivity index (χ3v) is 2.21. The highest BCUT2D eigenvalue weighted by atomic mass is 16.6. The van der Waals surface area contributed by atoms with Gasteiger partial charge in [0.05, 0.1) is 5.71 Å². The highest BCUT2D eigenvalue weighted by molar-refractivity contribution is 5.87. The van der Waals surface area contributed by atoms with E-state index in [1.54, 1.807) is 7.11 Å². The molecule has 3 heteroatoms. The number of rotatable bonds is 1. The summed E-state index contributed by atoms with van der Waals surface area (Å²) in [5.74, 6) is 0. The van der Waals surface area contributed by atoms with Crippen molar-refractivity contribution in [2.75, 3.05) is 20.2 Å². The lowest BCUT2D eigenvalue weighted by atomic mass is 10.1. The van der Waals surface area contributed by atoms with Gasteiger partial charge in [-0.15, -0.1) is 0 Å². The molecule has 0 spiro atoms. The zero-order valence-electron chi connectivity index (χ0n) is 8.42. The fourth-order valence-corrected chi connectivity index (χ4v) is 1.42. The smallest absolute Gasteiger partial charge is 0.106 e. The maximum absolute atomic E-state index is 4.75. The molecule has 0 unspecified atom stereocenters. The van der Waals surface area contributed by atoms with Gasteiger partial charge in [0.2, 0.25) is 0 Å². The average molecular weight is 170 g/mol. The average Bonchev–Trinajstić information content (AvgIpc) is 2.35. The van der Waals surface area contributed by atoms with Crippen molar-refractivity contribution in [2.24, 2.45) is 5.16 Å². The van der Waals surface area contributed by atoms with Crippen LogP contribution in [0.4, 0.5) is 0 Å². The van der Waals surface area contributed by atoms with Gasteiger partial charge in [0.1, 0.15) is 7.11 Å². The van der Waals surface area contributed by atoms with Crippen molar-refractivity contribution in [3.05, 3.63) is 0 Å². The number of hydrogen-bond acceptors (Lipinski definition) is 3. The molecule has 3 nitrogen and oxygen atoms in total. The summed E-state index contributed by atoms with van der Waals surface area (Å²) in [4.78, 5) is 7.16. The predicted molar refractivity (Wildman–Crippen MR) is 50.4 cm³/mol. The van der Waals surface area contributed by atoms with Gasteiger partial charge in [-0.25, -0.2) is 0 Å². The Labute approximate surface area is 74.4 Å². The number of nitrogens with zero attached hydrogens (tertiary/aromatic N) is 2. The fraction of sp³-hybridized carbons (Fsp3) is 0.889. The minimum atomic E-state index is 0.255. The molecule has 0 saturated carbocycles. The summed E-state index contributed by atoms with van der Waals surface area (Å²) >= 11 is 0. The van der Waals surface area contributed by atoms with E-state index >= 15 is 0 Å². The Morgan fingerprint density at radius 1 is 1.42 bits per heavy atom. The zero-order valence-corrected chi connectivity index (χ0v) is 8.42. The SMILES string of the molecule is CO/N=C1\CCN(C(C)(C)C)C1. The Kier molecular flexibility index (Phi) is 2.73. The van der Waals surface area contributed by atoms with Crippen molar-refractivity contribution in [3.63, 3.8) is 0 Å². The normalized spacial score (nSPS) is 23.5. The van der Waals surface area contributed by atoms with Crippen molar-refractivity contribution < 1.29 is 4.84 Å². The van der Waals surface area contributed by atoms with Crippen molar-refractivity contribution >= 4 is 5.71 Å². The second-order valence-corrected chi connectivity index (χ2v) is 4.18. The van der Waals surface area contributed by atoms with Gasteiger partial charge in [-0.1, -0.05) is 5.16 Å². The molecule has 70 valence electrons. The molecule has 1 fully saturated rings. The van der Waals surface area contributed by atoms with Crippen molar-refractivity contribution in [2.45, 2.75) is 32.7 Å². The molecule has 0 N–H and O–H groups in total. The van der Waals surface area contributed by atoms with E-state index < -0.39 is 0 Å². The van der Waals surface area contributed by atoms with Gasteiger partial charge in [-0.05, 0) is 20.8 Å². The van der Waals surface area contributed by atoms with E-state index in [-0.39, 0.29) is 5.54 Å². The van der Waals surface area contributed by atoms with Crippen LogP contribution in [-0.2, 0) is 4.84 Å². The first kappa shape index (κ1) is 9.52. The summed E-state index contributed by atoms with van der Waals surface area (Å²) in [6, 6.07) is 0. The van der Waals surface area contributed by atoms with E-state index in [1.807, 2.05) is 0 Å². The molecule has 0 aromatic heterocycles. The monoisotopic (exact) mass is 170 g/mol. The Morgan fingerprint density at radius 2 is 2.08 bits per heavy atom. The second kappa shape index (κ2) is 3.44. The van der Waals surface area contributed by atoms with Crippen LogP contribution in [0, 0.1) is 0 Å². The van der Waals surface area contributed by atoms with Crippen LogP contribution in [0.25, 0.3) is 0 Å². The van der Waals surface area contributed by atoms with Crippen LogP contribution >= 0.6 is 0 Å². The standard InChI is InChI=1S/C9H18N2O/c1-9(2,3)11-6-5-8(7-11)10-12-4/h5-7H2,1-4H3/b10-8+. The molecule has 0 aliphatic carbocycles.